The van der Waals surface area contributed by atoms with Crippen molar-refractivity contribution in [2.24, 2.45) is 0 Å². The molecule has 0 bridgehead atoms. The largest absolute Gasteiger partial charge is 0.488 e. The van der Waals surface area contributed by atoms with Crippen LogP contribution in [0.15, 0.2) is 271 Å². The van der Waals surface area contributed by atoms with Crippen LogP contribution in [0.5, 0.6) is 0 Å². The van der Waals surface area contributed by atoms with Crippen LogP contribution in [-0.4, -0.2) is 17.2 Å². The maximum Gasteiger partial charge on any atom is 0.488 e. The summed E-state index contributed by atoms with van der Waals surface area (Å²) in [5.74, 6) is 0. The minimum Gasteiger partial charge on any atom is -0.423 e. The first-order valence-corrected chi connectivity index (χ1v) is 25.1. The molecule has 0 aliphatic heterocycles. The Balaban J connectivity index is 0.000000120. The van der Waals surface area contributed by atoms with Gasteiger partial charge in [-0.15, -0.1) is 0 Å². The minimum absolute atomic E-state index is 0.509. The van der Waals surface area contributed by atoms with E-state index >= 15 is 0 Å². The van der Waals surface area contributed by atoms with Crippen molar-refractivity contribution in [3.63, 3.8) is 0 Å². The first-order valence-electron chi connectivity index (χ1n) is 24.3. The maximum atomic E-state index is 8.94. The van der Waals surface area contributed by atoms with Crippen molar-refractivity contribution in [2.75, 3.05) is 0 Å². The summed E-state index contributed by atoms with van der Waals surface area (Å²) in [7, 11) is -1.39. The fraction of sp³-hybridized carbons (Fsp3) is 0. The van der Waals surface area contributed by atoms with E-state index in [0.717, 1.165) is 15.6 Å². The second-order valence-corrected chi connectivity index (χ2v) is 19.1. The van der Waals surface area contributed by atoms with Gasteiger partial charge in [0.1, 0.15) is 0 Å². The lowest BCUT2D eigenvalue weighted by atomic mass is 9.80. The van der Waals surface area contributed by atoms with Crippen molar-refractivity contribution in [1.29, 1.82) is 0 Å². The molecule has 0 amide bonds. The molecule has 0 fully saturated rings. The van der Waals surface area contributed by atoms with Gasteiger partial charge >= 0.3 is 7.12 Å². The first-order chi connectivity index (χ1) is 35.5. The Kier molecular flexibility index (Phi) is 12.1. The highest BCUT2D eigenvalue weighted by Crippen LogP contribution is 2.44. The average molecular weight is 986 g/mol. The van der Waals surface area contributed by atoms with E-state index in [1.807, 2.05) is 42.5 Å². The van der Waals surface area contributed by atoms with Crippen LogP contribution in [0.3, 0.4) is 0 Å². The lowest BCUT2D eigenvalue weighted by molar-refractivity contribution is 0.426. The van der Waals surface area contributed by atoms with Crippen LogP contribution in [-0.2, 0) is 0 Å². The fourth-order valence-electron chi connectivity index (χ4n) is 10.7. The number of benzene rings is 14. The van der Waals surface area contributed by atoms with Gasteiger partial charge in [-0.2, -0.15) is 0 Å². The number of hydrogen-bond donors (Lipinski definition) is 2. The van der Waals surface area contributed by atoms with Crippen molar-refractivity contribution in [2.45, 2.75) is 0 Å². The predicted octanol–water partition coefficient (Wildman–Crippen LogP) is 17.7. The van der Waals surface area contributed by atoms with E-state index in [9.17, 15) is 0 Å². The molecule has 0 saturated carbocycles. The Morgan fingerprint density at radius 3 is 0.944 bits per heavy atom. The molecule has 0 aliphatic carbocycles. The SMILES string of the molecule is Brc1cc2c3ccccc3c3ccccc3c2c2ccccc12.OB(O)c1ccc(-c2ccccc2)cc1.c1ccc(-c2ccc(-c3cc4c5ccccc5c5ccccc5c4c4ccccc34)cc2)cc1. The Hall–Kier alpha value is -8.38. The second kappa shape index (κ2) is 19.4. The maximum absolute atomic E-state index is 8.94. The third-order valence-corrected chi connectivity index (χ3v) is 14.7. The topological polar surface area (TPSA) is 40.5 Å². The van der Waals surface area contributed by atoms with E-state index in [1.54, 1.807) is 12.1 Å². The zero-order valence-electron chi connectivity index (χ0n) is 39.3. The van der Waals surface area contributed by atoms with Gasteiger partial charge in [-0.1, -0.05) is 271 Å². The summed E-state index contributed by atoms with van der Waals surface area (Å²) in [6, 6.07) is 93.9. The van der Waals surface area contributed by atoms with Crippen molar-refractivity contribution in [3.05, 3.63) is 271 Å². The van der Waals surface area contributed by atoms with Crippen LogP contribution in [0, 0.1) is 0 Å². The van der Waals surface area contributed by atoms with Crippen LogP contribution in [0.25, 0.3) is 120 Å². The average Bonchev–Trinajstić information content (AvgIpc) is 3.46. The van der Waals surface area contributed by atoms with Crippen molar-refractivity contribution >= 4 is 115 Å². The molecule has 2 N–H and O–H groups in total. The van der Waals surface area contributed by atoms with E-state index in [0.29, 0.717) is 5.46 Å². The summed E-state index contributed by atoms with van der Waals surface area (Å²) in [6.07, 6.45) is 0. The van der Waals surface area contributed by atoms with E-state index in [4.69, 9.17) is 10.0 Å². The Bertz CT molecular complexity index is 4290. The van der Waals surface area contributed by atoms with Crippen LogP contribution in [0.1, 0.15) is 0 Å². The molecule has 0 spiro atoms. The van der Waals surface area contributed by atoms with Gasteiger partial charge in [-0.3, -0.25) is 0 Å². The summed E-state index contributed by atoms with van der Waals surface area (Å²) < 4.78 is 1.15. The highest BCUT2D eigenvalue weighted by Gasteiger charge is 2.16. The molecule has 0 aliphatic rings. The van der Waals surface area contributed by atoms with Crippen LogP contribution in [0.4, 0.5) is 0 Å². The number of rotatable bonds is 4. The van der Waals surface area contributed by atoms with Crippen molar-refractivity contribution < 1.29 is 10.0 Å². The van der Waals surface area contributed by atoms with E-state index in [2.05, 4.69) is 228 Å². The lowest BCUT2D eigenvalue weighted by Crippen LogP contribution is -2.29. The molecule has 0 radical (unpaired) electrons. The molecule has 14 aromatic carbocycles. The quantitative estimate of drug-likeness (QED) is 0.136. The van der Waals surface area contributed by atoms with Gasteiger partial charge in [0.2, 0.25) is 0 Å². The van der Waals surface area contributed by atoms with Gasteiger partial charge in [0.25, 0.3) is 0 Å². The Morgan fingerprint density at radius 2 is 0.514 bits per heavy atom. The molecule has 0 atom stereocenters. The summed E-state index contributed by atoms with van der Waals surface area (Å²) in [4.78, 5) is 0. The summed E-state index contributed by atoms with van der Waals surface area (Å²) in [6.45, 7) is 0. The molecule has 72 heavy (non-hydrogen) atoms. The molecule has 0 aromatic heterocycles. The van der Waals surface area contributed by atoms with Crippen molar-refractivity contribution in [1.82, 2.24) is 0 Å². The zero-order chi connectivity index (χ0) is 48.5. The van der Waals surface area contributed by atoms with Crippen LogP contribution >= 0.6 is 15.9 Å². The third kappa shape index (κ3) is 8.26. The molecule has 4 heteroatoms. The standard InChI is InChI=1S/C34H22.C22H13Br.C12H11BO2/c1-2-10-23(11-3-1)24-18-20-25(21-19-24)32-22-33-28-14-5-4-12-26(28)27-13-6-8-16-30(27)34(33)31-17-9-7-15-29(31)32;23-21-13-20-16-9-2-1-7-14(16)15-8-3-5-11-18(15)22(20)19-12-6-4-10-17(19)21;14-13(15)12-8-6-11(7-9-12)10-4-2-1-3-5-10/h1-22H;1-13H;1-9,14-15H. The van der Waals surface area contributed by atoms with Gasteiger partial charge in [0, 0.05) is 4.47 Å². The van der Waals surface area contributed by atoms with Gasteiger partial charge in [0.05, 0.1) is 0 Å². The lowest BCUT2D eigenvalue weighted by Gasteiger charge is -2.16. The normalized spacial score (nSPS) is 11.3. The predicted molar refractivity (Wildman–Crippen MR) is 313 cm³/mol. The molecule has 0 saturated heterocycles. The van der Waals surface area contributed by atoms with Crippen LogP contribution < -0.4 is 5.46 Å². The van der Waals surface area contributed by atoms with E-state index in [1.165, 1.54) is 108 Å². The fourth-order valence-corrected chi connectivity index (χ4v) is 11.3. The molecular weight excluding hydrogens is 939 g/mol. The third-order valence-electron chi connectivity index (χ3n) is 14.1. The second-order valence-electron chi connectivity index (χ2n) is 18.2. The van der Waals surface area contributed by atoms with Gasteiger partial charge < -0.3 is 10.0 Å². The number of fused-ring (bicyclic) bond motifs is 16. The molecule has 340 valence electrons. The monoisotopic (exact) mass is 984 g/mol. The summed E-state index contributed by atoms with van der Waals surface area (Å²) in [5.41, 5.74) is 7.71. The number of hydrogen-bond acceptors (Lipinski definition) is 2. The van der Waals surface area contributed by atoms with Crippen molar-refractivity contribution in [3.8, 4) is 33.4 Å². The highest BCUT2D eigenvalue weighted by molar-refractivity contribution is 9.10. The molecular formula is C68H46BBrO2. The number of halogens is 1. The minimum atomic E-state index is -1.39. The van der Waals surface area contributed by atoms with Crippen LogP contribution in [0.2, 0.25) is 0 Å². The van der Waals surface area contributed by atoms with Gasteiger partial charge in [0.15, 0.2) is 0 Å². The molecule has 14 aromatic rings. The molecule has 0 unspecified atom stereocenters. The highest BCUT2D eigenvalue weighted by atomic mass is 79.9. The van der Waals surface area contributed by atoms with Gasteiger partial charge in [-0.05, 0) is 137 Å². The Morgan fingerprint density at radius 1 is 0.236 bits per heavy atom. The first kappa shape index (κ1) is 44.8. The summed E-state index contributed by atoms with van der Waals surface area (Å²) >= 11 is 3.77. The Labute approximate surface area is 427 Å². The van der Waals surface area contributed by atoms with E-state index in [-0.39, 0.29) is 0 Å². The summed E-state index contributed by atoms with van der Waals surface area (Å²) in [5, 5.41) is 38.9. The zero-order valence-corrected chi connectivity index (χ0v) is 40.8. The molecule has 2 nitrogen and oxygen atoms in total. The van der Waals surface area contributed by atoms with E-state index < -0.39 is 7.12 Å². The molecule has 0 heterocycles. The smallest absolute Gasteiger partial charge is 0.423 e. The van der Waals surface area contributed by atoms with Gasteiger partial charge in [-0.25, -0.2) is 0 Å². The molecule has 14 rings (SSSR count).